The summed E-state index contributed by atoms with van der Waals surface area (Å²) < 4.78 is 18.0. The van der Waals surface area contributed by atoms with Gasteiger partial charge in [0.1, 0.15) is 12.4 Å². The molecule has 7 heteroatoms. The molecule has 2 aromatic carbocycles. The molecule has 3 rings (SSSR count). The third kappa shape index (κ3) is 8.44. The summed E-state index contributed by atoms with van der Waals surface area (Å²) >= 11 is 0. The summed E-state index contributed by atoms with van der Waals surface area (Å²) in [5.74, 6) is 2.41. The number of aliphatic imine (C=N–C) groups is 1. The summed E-state index contributed by atoms with van der Waals surface area (Å²) in [5, 5.41) is 7.21. The van der Waals surface area contributed by atoms with Gasteiger partial charge in [0.05, 0.1) is 0 Å². The van der Waals surface area contributed by atoms with Gasteiger partial charge in [-0.15, -0.1) is 24.0 Å². The molecule has 0 saturated heterocycles. The summed E-state index contributed by atoms with van der Waals surface area (Å²) in [5.41, 5.74) is 2.32. The lowest BCUT2D eigenvalue weighted by molar-refractivity contribution is 0.306. The Labute approximate surface area is 205 Å². The average molecular weight is 556 g/mol. The number of halogens is 1. The molecule has 1 fully saturated rings. The summed E-state index contributed by atoms with van der Waals surface area (Å²) in [7, 11) is 1.08. The van der Waals surface area contributed by atoms with Crippen molar-refractivity contribution in [2.75, 3.05) is 12.8 Å². The fourth-order valence-corrected chi connectivity index (χ4v) is 5.12. The fourth-order valence-electron chi connectivity index (χ4n) is 3.77. The van der Waals surface area contributed by atoms with E-state index in [1.807, 2.05) is 37.3 Å². The van der Waals surface area contributed by atoms with Crippen LogP contribution in [-0.2, 0) is 24.0 Å². The van der Waals surface area contributed by atoms with E-state index in [2.05, 4.69) is 39.9 Å². The normalized spacial score (nSPS) is 19.7. The minimum atomic E-state index is -0.713. The first-order chi connectivity index (χ1) is 14.7. The van der Waals surface area contributed by atoms with Crippen LogP contribution in [0.25, 0.3) is 0 Å². The Morgan fingerprint density at radius 1 is 1.10 bits per heavy atom. The van der Waals surface area contributed by atoms with E-state index in [0.717, 1.165) is 48.7 Å². The number of ether oxygens (including phenoxy) is 1. The van der Waals surface area contributed by atoms with Crippen LogP contribution in [-0.4, -0.2) is 34.3 Å². The zero-order valence-corrected chi connectivity index (χ0v) is 21.5. The number of benzene rings is 2. The predicted molar refractivity (Wildman–Crippen MR) is 141 cm³/mol. The van der Waals surface area contributed by atoms with E-state index in [-0.39, 0.29) is 24.0 Å². The second-order valence-electron chi connectivity index (χ2n) is 7.64. The largest absolute Gasteiger partial charge is 0.489 e. The minimum absolute atomic E-state index is 0. The number of nitrogens with zero attached hydrogens (tertiary/aromatic N) is 1. The molecule has 3 atom stereocenters. The summed E-state index contributed by atoms with van der Waals surface area (Å²) in [6.45, 7) is 3.27. The van der Waals surface area contributed by atoms with E-state index in [0.29, 0.717) is 24.4 Å². The average Bonchev–Trinajstić information content (AvgIpc) is 2.81. The highest BCUT2D eigenvalue weighted by atomic mass is 127. The van der Waals surface area contributed by atoms with Gasteiger partial charge < -0.3 is 15.4 Å². The van der Waals surface area contributed by atoms with Gasteiger partial charge >= 0.3 is 0 Å². The number of hydrogen-bond donors (Lipinski definition) is 2. The highest BCUT2D eigenvalue weighted by Gasteiger charge is 2.25. The van der Waals surface area contributed by atoms with Gasteiger partial charge in [0.2, 0.25) is 0 Å². The number of hydrogen-bond acceptors (Lipinski definition) is 3. The van der Waals surface area contributed by atoms with Gasteiger partial charge in [-0.1, -0.05) is 55.8 Å². The summed E-state index contributed by atoms with van der Waals surface area (Å²) in [6.07, 6.45) is 4.25. The van der Waals surface area contributed by atoms with Gasteiger partial charge in [0.15, 0.2) is 5.96 Å². The van der Waals surface area contributed by atoms with E-state index in [4.69, 9.17) is 4.74 Å². The van der Waals surface area contributed by atoms with Crippen molar-refractivity contribution in [2.45, 2.75) is 57.1 Å². The quantitative estimate of drug-likeness (QED) is 0.284. The lowest BCUT2D eigenvalue weighted by Gasteiger charge is -2.30. The maximum absolute atomic E-state index is 12.2. The third-order valence-corrected chi connectivity index (χ3v) is 7.22. The molecule has 2 aromatic rings. The van der Waals surface area contributed by atoms with Crippen molar-refractivity contribution in [3.63, 3.8) is 0 Å². The van der Waals surface area contributed by atoms with Crippen LogP contribution in [0.4, 0.5) is 0 Å². The van der Waals surface area contributed by atoms with Crippen LogP contribution in [0.1, 0.15) is 43.7 Å². The van der Waals surface area contributed by atoms with Crippen molar-refractivity contribution >= 4 is 40.7 Å². The first-order valence-electron chi connectivity index (χ1n) is 10.8. The minimum Gasteiger partial charge on any atom is -0.489 e. The zero-order chi connectivity index (χ0) is 21.2. The molecule has 170 valence electrons. The topological polar surface area (TPSA) is 62.7 Å². The van der Waals surface area contributed by atoms with Crippen LogP contribution in [0.3, 0.4) is 0 Å². The van der Waals surface area contributed by atoms with E-state index in [9.17, 15) is 4.21 Å². The molecule has 0 spiro atoms. The molecule has 0 radical (unpaired) electrons. The van der Waals surface area contributed by atoms with Crippen LogP contribution in [0.2, 0.25) is 0 Å². The molecule has 0 heterocycles. The molecule has 1 saturated carbocycles. The van der Waals surface area contributed by atoms with E-state index in [1.54, 1.807) is 7.05 Å². The SMILES string of the molecule is CCS(=O)C1CCCC(NC(=NC)NCc2ccc(OCc3ccccc3)cc2)C1.I. The molecule has 1 aliphatic carbocycles. The lowest BCUT2D eigenvalue weighted by atomic mass is 9.95. The Balaban J connectivity index is 0.00000341. The first kappa shape index (κ1) is 25.6. The van der Waals surface area contributed by atoms with E-state index < -0.39 is 10.8 Å². The number of rotatable bonds is 8. The van der Waals surface area contributed by atoms with Crippen LogP contribution in [0.15, 0.2) is 59.6 Å². The monoisotopic (exact) mass is 555 g/mol. The van der Waals surface area contributed by atoms with Gasteiger partial charge in [-0.2, -0.15) is 0 Å². The molecule has 5 nitrogen and oxygen atoms in total. The van der Waals surface area contributed by atoms with Crippen LogP contribution < -0.4 is 15.4 Å². The first-order valence-corrected chi connectivity index (χ1v) is 12.2. The fraction of sp³-hybridized carbons (Fsp3) is 0.458. The predicted octanol–water partition coefficient (Wildman–Crippen LogP) is 4.63. The second kappa shape index (κ2) is 13.7. The molecular weight excluding hydrogens is 521 g/mol. The van der Waals surface area contributed by atoms with Crippen molar-refractivity contribution in [3.8, 4) is 5.75 Å². The summed E-state index contributed by atoms with van der Waals surface area (Å²) in [6, 6.07) is 18.6. The van der Waals surface area contributed by atoms with Crippen LogP contribution in [0.5, 0.6) is 5.75 Å². The van der Waals surface area contributed by atoms with Crippen molar-refractivity contribution in [2.24, 2.45) is 4.99 Å². The number of guanidine groups is 1. The van der Waals surface area contributed by atoms with Crippen LogP contribution >= 0.6 is 24.0 Å². The van der Waals surface area contributed by atoms with Crippen molar-refractivity contribution in [1.29, 1.82) is 0 Å². The molecule has 0 aromatic heterocycles. The molecule has 0 bridgehead atoms. The lowest BCUT2D eigenvalue weighted by Crippen LogP contribution is -2.46. The van der Waals surface area contributed by atoms with Crippen molar-refractivity contribution in [3.05, 3.63) is 65.7 Å². The van der Waals surface area contributed by atoms with Gasteiger partial charge in [-0.25, -0.2) is 0 Å². The second-order valence-corrected chi connectivity index (χ2v) is 9.65. The molecule has 31 heavy (non-hydrogen) atoms. The highest BCUT2D eigenvalue weighted by molar-refractivity contribution is 14.0. The van der Waals surface area contributed by atoms with Crippen LogP contribution in [0, 0.1) is 0 Å². The van der Waals surface area contributed by atoms with Gasteiger partial charge in [-0.3, -0.25) is 9.20 Å². The Hall–Kier alpha value is -1.61. The maximum atomic E-state index is 12.2. The highest BCUT2D eigenvalue weighted by Crippen LogP contribution is 2.23. The van der Waals surface area contributed by atoms with Gasteiger partial charge in [0, 0.05) is 41.4 Å². The van der Waals surface area contributed by atoms with Crippen molar-refractivity contribution < 1.29 is 8.95 Å². The summed E-state index contributed by atoms with van der Waals surface area (Å²) in [4.78, 5) is 4.36. The Morgan fingerprint density at radius 3 is 2.52 bits per heavy atom. The third-order valence-electron chi connectivity index (χ3n) is 5.48. The molecule has 2 N–H and O–H groups in total. The van der Waals surface area contributed by atoms with Crippen molar-refractivity contribution in [1.82, 2.24) is 10.6 Å². The van der Waals surface area contributed by atoms with Gasteiger partial charge in [-0.05, 0) is 42.5 Å². The molecule has 0 aliphatic heterocycles. The standard InChI is InChI=1S/C24H33N3O2S.HI/c1-3-30(28)23-11-7-10-21(16-23)27-24(25-2)26-17-19-12-14-22(15-13-19)29-18-20-8-5-4-6-9-20;/h4-6,8-9,12-15,21,23H,3,7,10-11,16-18H2,1-2H3,(H2,25,26,27);1H. The zero-order valence-electron chi connectivity index (χ0n) is 18.4. The van der Waals surface area contributed by atoms with E-state index in [1.165, 1.54) is 5.56 Å². The number of nitrogens with one attached hydrogen (secondary N) is 2. The maximum Gasteiger partial charge on any atom is 0.191 e. The van der Waals surface area contributed by atoms with E-state index >= 15 is 0 Å². The molecule has 3 unspecified atom stereocenters. The Kier molecular flexibility index (Phi) is 11.4. The Bertz CT molecular complexity index is 830. The molecular formula is C24H34IN3O2S. The molecule has 0 amide bonds. The molecule has 1 aliphatic rings. The Morgan fingerprint density at radius 2 is 1.84 bits per heavy atom. The van der Waals surface area contributed by atoms with Gasteiger partial charge in [0.25, 0.3) is 0 Å². The smallest absolute Gasteiger partial charge is 0.191 e.